The van der Waals surface area contributed by atoms with E-state index in [1.165, 1.54) is 5.56 Å². The van der Waals surface area contributed by atoms with Crippen LogP contribution in [0.25, 0.3) is 11.3 Å². The summed E-state index contributed by atoms with van der Waals surface area (Å²) >= 11 is 0. The smallest absolute Gasteiger partial charge is 0.216 e. The fourth-order valence-electron chi connectivity index (χ4n) is 2.82. The molecule has 0 unspecified atom stereocenters. The molecule has 2 aromatic heterocycles. The number of ether oxygens (including phenoxy) is 2. The lowest BCUT2D eigenvalue weighted by Gasteiger charge is -2.23. The molecule has 1 aliphatic rings. The lowest BCUT2D eigenvalue weighted by atomic mass is 10.0. The van der Waals surface area contributed by atoms with Gasteiger partial charge < -0.3 is 9.47 Å². The number of fused-ring (bicyclic) bond motifs is 1. The molecule has 1 atom stereocenters. The van der Waals surface area contributed by atoms with Gasteiger partial charge in [-0.3, -0.25) is 4.68 Å². The molecule has 0 saturated carbocycles. The molecule has 3 heterocycles. The Morgan fingerprint density at radius 2 is 2.27 bits per heavy atom. The topological polar surface area (TPSA) is 54.1 Å². The van der Waals surface area contributed by atoms with Gasteiger partial charge in [0, 0.05) is 37.4 Å². The number of rotatable bonds is 5. The van der Waals surface area contributed by atoms with E-state index in [4.69, 9.17) is 14.6 Å². The predicted octanol–water partition coefficient (Wildman–Crippen LogP) is 2.69. The summed E-state index contributed by atoms with van der Waals surface area (Å²) in [6, 6.07) is 0. The molecular weight excluding hydrogens is 280 g/mol. The van der Waals surface area contributed by atoms with Crippen molar-refractivity contribution in [3.05, 3.63) is 18.0 Å². The van der Waals surface area contributed by atoms with Crippen LogP contribution < -0.4 is 4.74 Å². The highest BCUT2D eigenvalue weighted by Gasteiger charge is 2.27. The van der Waals surface area contributed by atoms with Crippen molar-refractivity contribution in [2.75, 3.05) is 13.7 Å². The van der Waals surface area contributed by atoms with Crippen molar-refractivity contribution in [3.63, 3.8) is 0 Å². The molecule has 0 aromatic carbocycles. The molecule has 0 radical (unpaired) electrons. The van der Waals surface area contributed by atoms with E-state index in [1.807, 2.05) is 21.8 Å². The number of hydrogen-bond donors (Lipinski definition) is 0. The molecule has 6 nitrogen and oxygen atoms in total. The highest BCUT2D eigenvalue weighted by molar-refractivity contribution is 5.65. The van der Waals surface area contributed by atoms with Crippen molar-refractivity contribution in [2.24, 2.45) is 0 Å². The molecule has 0 spiro atoms. The van der Waals surface area contributed by atoms with Crippen molar-refractivity contribution in [2.45, 2.75) is 52.3 Å². The van der Waals surface area contributed by atoms with Crippen LogP contribution in [-0.4, -0.2) is 39.4 Å². The average Bonchev–Trinajstić information content (AvgIpc) is 3.08. The van der Waals surface area contributed by atoms with Crippen LogP contribution in [0.3, 0.4) is 0 Å². The van der Waals surface area contributed by atoms with Gasteiger partial charge in [-0.15, -0.1) is 0 Å². The Bertz CT molecular complexity index is 645. The van der Waals surface area contributed by atoms with Crippen molar-refractivity contribution >= 4 is 0 Å². The molecule has 0 fully saturated rings. The quantitative estimate of drug-likeness (QED) is 0.852. The molecule has 0 saturated heterocycles. The summed E-state index contributed by atoms with van der Waals surface area (Å²) in [5.74, 6) is 1.28. The Labute approximate surface area is 131 Å². The molecule has 22 heavy (non-hydrogen) atoms. The van der Waals surface area contributed by atoms with Gasteiger partial charge in [-0.1, -0.05) is 13.8 Å². The Kier molecular flexibility index (Phi) is 4.20. The van der Waals surface area contributed by atoms with Gasteiger partial charge in [0.05, 0.1) is 25.5 Å². The second kappa shape index (κ2) is 6.12. The van der Waals surface area contributed by atoms with E-state index in [0.717, 1.165) is 36.6 Å². The summed E-state index contributed by atoms with van der Waals surface area (Å²) in [5, 5.41) is 9.18. The van der Waals surface area contributed by atoms with Crippen LogP contribution >= 0.6 is 0 Å². The number of methoxy groups -OCH3 is 1. The first-order valence-corrected chi connectivity index (χ1v) is 7.89. The van der Waals surface area contributed by atoms with Crippen molar-refractivity contribution in [3.8, 4) is 17.1 Å². The highest BCUT2D eigenvalue weighted by atomic mass is 16.5. The minimum atomic E-state index is 0.249. The second-order valence-corrected chi connectivity index (χ2v) is 6.15. The van der Waals surface area contributed by atoms with Crippen LogP contribution in [0.1, 0.15) is 38.7 Å². The van der Waals surface area contributed by atoms with Crippen LogP contribution in [0.15, 0.2) is 12.4 Å². The Morgan fingerprint density at radius 3 is 3.00 bits per heavy atom. The zero-order valence-electron chi connectivity index (χ0n) is 13.7. The van der Waals surface area contributed by atoms with E-state index >= 15 is 0 Å². The molecule has 0 N–H and O–H groups in total. The van der Waals surface area contributed by atoms with Gasteiger partial charge in [0.15, 0.2) is 0 Å². The van der Waals surface area contributed by atoms with Gasteiger partial charge in [0.1, 0.15) is 5.69 Å². The van der Waals surface area contributed by atoms with E-state index in [1.54, 1.807) is 7.11 Å². The van der Waals surface area contributed by atoms with Crippen LogP contribution in [0.4, 0.5) is 0 Å². The van der Waals surface area contributed by atoms with Gasteiger partial charge in [-0.2, -0.15) is 10.2 Å². The molecule has 0 aliphatic carbocycles. The molecule has 2 aromatic rings. The lowest BCUT2D eigenvalue weighted by molar-refractivity contribution is 0.147. The Balaban J connectivity index is 1.98. The SMILES string of the molecule is COCCn1cc(-c2nn3c(c2C(C)C)O[C@H](C)CC3)cn1. The molecule has 120 valence electrons. The molecule has 6 heteroatoms. The summed E-state index contributed by atoms with van der Waals surface area (Å²) in [6.07, 6.45) is 5.15. The van der Waals surface area contributed by atoms with E-state index in [0.29, 0.717) is 12.5 Å². The zero-order chi connectivity index (χ0) is 15.7. The standard InChI is InChI=1S/C16H24N4O2/c1-11(2)14-15(13-9-17-19(10-13)7-8-21-4)18-20-6-5-12(3)22-16(14)20/h9-12H,5-8H2,1-4H3/t12-/m1/s1. The minimum absolute atomic E-state index is 0.249. The van der Waals surface area contributed by atoms with E-state index in [-0.39, 0.29) is 6.10 Å². The van der Waals surface area contributed by atoms with E-state index in [2.05, 4.69) is 25.9 Å². The van der Waals surface area contributed by atoms with Crippen LogP contribution in [0, 0.1) is 0 Å². The number of hydrogen-bond acceptors (Lipinski definition) is 4. The molecule has 0 amide bonds. The summed E-state index contributed by atoms with van der Waals surface area (Å²) < 4.78 is 15.0. The minimum Gasteiger partial charge on any atom is -0.475 e. The fraction of sp³-hybridized carbons (Fsp3) is 0.625. The number of nitrogens with zero attached hydrogens (tertiary/aromatic N) is 4. The first-order valence-electron chi connectivity index (χ1n) is 7.89. The van der Waals surface area contributed by atoms with Gasteiger partial charge in [-0.05, 0) is 12.8 Å². The first kappa shape index (κ1) is 15.1. The highest BCUT2D eigenvalue weighted by Crippen LogP contribution is 2.38. The third kappa shape index (κ3) is 2.75. The average molecular weight is 304 g/mol. The maximum Gasteiger partial charge on any atom is 0.216 e. The normalized spacial score (nSPS) is 17.6. The van der Waals surface area contributed by atoms with Crippen molar-refractivity contribution in [1.29, 1.82) is 0 Å². The van der Waals surface area contributed by atoms with Crippen molar-refractivity contribution < 1.29 is 9.47 Å². The molecule has 3 rings (SSSR count). The Hall–Kier alpha value is -1.82. The van der Waals surface area contributed by atoms with Crippen LogP contribution in [-0.2, 0) is 17.8 Å². The summed E-state index contributed by atoms with van der Waals surface area (Å²) in [4.78, 5) is 0. The third-order valence-electron chi connectivity index (χ3n) is 4.01. The van der Waals surface area contributed by atoms with Gasteiger partial charge in [0.25, 0.3) is 0 Å². The van der Waals surface area contributed by atoms with E-state index < -0.39 is 0 Å². The van der Waals surface area contributed by atoms with Crippen molar-refractivity contribution in [1.82, 2.24) is 19.6 Å². The third-order valence-corrected chi connectivity index (χ3v) is 4.01. The Morgan fingerprint density at radius 1 is 1.45 bits per heavy atom. The number of aromatic nitrogens is 4. The zero-order valence-corrected chi connectivity index (χ0v) is 13.7. The maximum absolute atomic E-state index is 6.05. The molecule has 0 bridgehead atoms. The van der Waals surface area contributed by atoms with Gasteiger partial charge in [0.2, 0.25) is 5.88 Å². The fourth-order valence-corrected chi connectivity index (χ4v) is 2.82. The lowest BCUT2D eigenvalue weighted by Crippen LogP contribution is -2.23. The largest absolute Gasteiger partial charge is 0.475 e. The maximum atomic E-state index is 6.05. The summed E-state index contributed by atoms with van der Waals surface area (Å²) in [5.41, 5.74) is 3.21. The van der Waals surface area contributed by atoms with Gasteiger partial charge in [-0.25, -0.2) is 4.68 Å². The number of aryl methyl sites for hydroxylation is 1. The van der Waals surface area contributed by atoms with Crippen LogP contribution in [0.5, 0.6) is 5.88 Å². The first-order chi connectivity index (χ1) is 10.6. The van der Waals surface area contributed by atoms with Gasteiger partial charge >= 0.3 is 0 Å². The second-order valence-electron chi connectivity index (χ2n) is 6.15. The van der Waals surface area contributed by atoms with Crippen LogP contribution in [0.2, 0.25) is 0 Å². The van der Waals surface area contributed by atoms with E-state index in [9.17, 15) is 0 Å². The monoisotopic (exact) mass is 304 g/mol. The summed E-state index contributed by atoms with van der Waals surface area (Å²) in [6.45, 7) is 8.78. The summed E-state index contributed by atoms with van der Waals surface area (Å²) in [7, 11) is 1.70. The molecular formula is C16H24N4O2. The molecule has 1 aliphatic heterocycles. The predicted molar refractivity (Wildman–Crippen MR) is 84.1 cm³/mol.